The van der Waals surface area contributed by atoms with Crippen LogP contribution in [0.5, 0.6) is 5.75 Å². The quantitative estimate of drug-likeness (QED) is 0.880. The second kappa shape index (κ2) is 6.58. The first-order valence-electron chi connectivity index (χ1n) is 7.06. The van der Waals surface area contributed by atoms with Gasteiger partial charge in [0.1, 0.15) is 12.4 Å². The minimum Gasteiger partial charge on any atom is -0.489 e. The summed E-state index contributed by atoms with van der Waals surface area (Å²) >= 11 is 0. The van der Waals surface area contributed by atoms with Crippen LogP contribution in [0.15, 0.2) is 42.5 Å². The van der Waals surface area contributed by atoms with Crippen LogP contribution in [0.4, 0.5) is 0 Å². The third-order valence-corrected chi connectivity index (χ3v) is 3.71. The van der Waals surface area contributed by atoms with Crippen molar-refractivity contribution in [3.63, 3.8) is 0 Å². The predicted octanol–water partition coefficient (Wildman–Crippen LogP) is 4.16. The van der Waals surface area contributed by atoms with Crippen LogP contribution < -0.4 is 10.1 Å². The van der Waals surface area contributed by atoms with Crippen LogP contribution in [0.2, 0.25) is 0 Å². The summed E-state index contributed by atoms with van der Waals surface area (Å²) in [5, 5.41) is 3.23. The average molecular weight is 269 g/mol. The van der Waals surface area contributed by atoms with Gasteiger partial charge in [-0.1, -0.05) is 35.9 Å². The lowest BCUT2D eigenvalue weighted by molar-refractivity contribution is 0.305. The third-order valence-electron chi connectivity index (χ3n) is 3.71. The molecule has 2 heteroatoms. The lowest BCUT2D eigenvalue weighted by atomic mass is 10.1. The van der Waals surface area contributed by atoms with E-state index in [1.165, 1.54) is 22.3 Å². The number of hydrogen-bond donors (Lipinski definition) is 1. The van der Waals surface area contributed by atoms with Crippen molar-refractivity contribution in [1.82, 2.24) is 5.32 Å². The molecule has 106 valence electrons. The normalized spacial score (nSPS) is 12.2. The first-order valence-corrected chi connectivity index (χ1v) is 7.06. The molecule has 1 N–H and O–H groups in total. The lowest BCUT2D eigenvalue weighted by Gasteiger charge is -2.13. The molecule has 2 rings (SSSR count). The van der Waals surface area contributed by atoms with Gasteiger partial charge in [0, 0.05) is 6.04 Å². The Morgan fingerprint density at radius 2 is 1.75 bits per heavy atom. The van der Waals surface area contributed by atoms with Gasteiger partial charge < -0.3 is 10.1 Å². The summed E-state index contributed by atoms with van der Waals surface area (Å²) < 4.78 is 5.88. The van der Waals surface area contributed by atoms with Crippen LogP contribution in [0.3, 0.4) is 0 Å². The Morgan fingerprint density at radius 1 is 1.05 bits per heavy atom. The smallest absolute Gasteiger partial charge is 0.119 e. The SMILES string of the molecule is CNC(C)c1ccc(OCc2cc(C)ccc2C)cc1. The Morgan fingerprint density at radius 3 is 2.40 bits per heavy atom. The molecule has 0 aliphatic carbocycles. The summed E-state index contributed by atoms with van der Waals surface area (Å²) in [5.41, 5.74) is 5.06. The molecule has 0 aliphatic heterocycles. The Labute approximate surface area is 121 Å². The highest BCUT2D eigenvalue weighted by Crippen LogP contribution is 2.19. The molecule has 0 bridgehead atoms. The van der Waals surface area contributed by atoms with Crippen molar-refractivity contribution in [3.8, 4) is 5.75 Å². The fourth-order valence-electron chi connectivity index (χ4n) is 2.14. The zero-order valence-electron chi connectivity index (χ0n) is 12.7. The zero-order chi connectivity index (χ0) is 14.5. The number of nitrogens with one attached hydrogen (secondary N) is 1. The molecule has 2 aromatic carbocycles. The summed E-state index contributed by atoms with van der Waals surface area (Å²) in [6.45, 7) is 6.99. The molecule has 1 unspecified atom stereocenters. The van der Waals surface area contributed by atoms with Crippen molar-refractivity contribution >= 4 is 0 Å². The highest BCUT2D eigenvalue weighted by Gasteiger charge is 2.03. The van der Waals surface area contributed by atoms with Gasteiger partial charge in [-0.2, -0.15) is 0 Å². The van der Waals surface area contributed by atoms with Gasteiger partial charge in [0.05, 0.1) is 0 Å². The van der Waals surface area contributed by atoms with E-state index in [0.29, 0.717) is 12.6 Å². The van der Waals surface area contributed by atoms with Gasteiger partial charge in [0.2, 0.25) is 0 Å². The van der Waals surface area contributed by atoms with Crippen molar-refractivity contribution in [2.24, 2.45) is 0 Å². The van der Waals surface area contributed by atoms with Gasteiger partial charge in [-0.25, -0.2) is 0 Å². The molecular formula is C18H23NO. The monoisotopic (exact) mass is 269 g/mol. The van der Waals surface area contributed by atoms with Gasteiger partial charge in [-0.3, -0.25) is 0 Å². The fraction of sp³-hybridized carbons (Fsp3) is 0.333. The lowest BCUT2D eigenvalue weighted by Crippen LogP contribution is -2.11. The molecule has 0 aliphatic rings. The molecular weight excluding hydrogens is 246 g/mol. The maximum Gasteiger partial charge on any atom is 0.119 e. The van der Waals surface area contributed by atoms with E-state index in [2.05, 4.69) is 56.4 Å². The Balaban J connectivity index is 2.02. The van der Waals surface area contributed by atoms with Crippen LogP contribution in [0, 0.1) is 13.8 Å². The number of aryl methyl sites for hydroxylation is 2. The average Bonchev–Trinajstić information content (AvgIpc) is 2.48. The minimum absolute atomic E-state index is 0.364. The maximum atomic E-state index is 5.88. The first-order chi connectivity index (χ1) is 9.60. The molecule has 0 aromatic heterocycles. The Hall–Kier alpha value is -1.80. The molecule has 0 saturated heterocycles. The van der Waals surface area contributed by atoms with Gasteiger partial charge in [0.25, 0.3) is 0 Å². The topological polar surface area (TPSA) is 21.3 Å². The number of ether oxygens (including phenoxy) is 1. The number of rotatable bonds is 5. The third kappa shape index (κ3) is 3.61. The van der Waals surface area contributed by atoms with Crippen LogP contribution >= 0.6 is 0 Å². The van der Waals surface area contributed by atoms with Gasteiger partial charge >= 0.3 is 0 Å². The van der Waals surface area contributed by atoms with E-state index in [-0.39, 0.29) is 0 Å². The highest BCUT2D eigenvalue weighted by molar-refractivity contribution is 5.32. The van der Waals surface area contributed by atoms with Crippen molar-refractivity contribution in [2.45, 2.75) is 33.4 Å². The molecule has 0 amide bonds. The molecule has 0 heterocycles. The standard InChI is InChI=1S/C18H23NO/c1-13-5-6-14(2)17(11-13)12-20-18-9-7-16(8-10-18)15(3)19-4/h5-11,15,19H,12H2,1-4H3. The molecule has 2 nitrogen and oxygen atoms in total. The second-order valence-electron chi connectivity index (χ2n) is 5.30. The molecule has 0 radical (unpaired) electrons. The van der Waals surface area contributed by atoms with Crippen LogP contribution in [0.25, 0.3) is 0 Å². The summed E-state index contributed by atoms with van der Waals surface area (Å²) in [6.07, 6.45) is 0. The highest BCUT2D eigenvalue weighted by atomic mass is 16.5. The van der Waals surface area contributed by atoms with E-state index in [1.54, 1.807) is 0 Å². The van der Waals surface area contributed by atoms with Crippen molar-refractivity contribution < 1.29 is 4.74 Å². The zero-order valence-corrected chi connectivity index (χ0v) is 12.7. The molecule has 0 saturated carbocycles. The molecule has 2 aromatic rings. The van der Waals surface area contributed by atoms with Gasteiger partial charge in [-0.05, 0) is 56.6 Å². The summed E-state index contributed by atoms with van der Waals surface area (Å²) in [6, 6.07) is 15.1. The van der Waals surface area contributed by atoms with E-state index in [0.717, 1.165) is 5.75 Å². The van der Waals surface area contributed by atoms with E-state index < -0.39 is 0 Å². The Kier molecular flexibility index (Phi) is 4.80. The molecule has 0 spiro atoms. The van der Waals surface area contributed by atoms with Crippen LogP contribution in [0.1, 0.15) is 35.2 Å². The van der Waals surface area contributed by atoms with E-state index in [4.69, 9.17) is 4.74 Å². The largest absolute Gasteiger partial charge is 0.489 e. The second-order valence-corrected chi connectivity index (χ2v) is 5.30. The summed E-state index contributed by atoms with van der Waals surface area (Å²) in [4.78, 5) is 0. The van der Waals surface area contributed by atoms with Crippen molar-refractivity contribution in [2.75, 3.05) is 7.05 Å². The minimum atomic E-state index is 0.364. The van der Waals surface area contributed by atoms with E-state index in [9.17, 15) is 0 Å². The maximum absolute atomic E-state index is 5.88. The number of benzene rings is 2. The summed E-state index contributed by atoms with van der Waals surface area (Å²) in [5.74, 6) is 0.915. The molecule has 0 fully saturated rings. The predicted molar refractivity (Wildman–Crippen MR) is 84.2 cm³/mol. The van der Waals surface area contributed by atoms with Gasteiger partial charge in [-0.15, -0.1) is 0 Å². The Bertz CT molecular complexity index is 560. The van der Waals surface area contributed by atoms with Gasteiger partial charge in [0.15, 0.2) is 0 Å². The fourth-order valence-corrected chi connectivity index (χ4v) is 2.14. The molecule has 1 atom stereocenters. The number of hydrogen-bond acceptors (Lipinski definition) is 2. The van der Waals surface area contributed by atoms with E-state index >= 15 is 0 Å². The van der Waals surface area contributed by atoms with Crippen LogP contribution in [-0.2, 0) is 6.61 Å². The van der Waals surface area contributed by atoms with E-state index in [1.807, 2.05) is 19.2 Å². The van der Waals surface area contributed by atoms with Crippen molar-refractivity contribution in [1.29, 1.82) is 0 Å². The first kappa shape index (κ1) is 14.6. The molecule has 20 heavy (non-hydrogen) atoms. The van der Waals surface area contributed by atoms with Crippen LogP contribution in [-0.4, -0.2) is 7.05 Å². The summed E-state index contributed by atoms with van der Waals surface area (Å²) in [7, 11) is 1.97. The van der Waals surface area contributed by atoms with Crippen molar-refractivity contribution in [3.05, 3.63) is 64.7 Å².